The molecule has 0 spiro atoms. The third kappa shape index (κ3) is 2.00. The number of nitrogens with zero attached hydrogens (tertiary/aromatic N) is 1. The highest BCUT2D eigenvalue weighted by molar-refractivity contribution is 5.83. The second-order valence-corrected chi connectivity index (χ2v) is 3.65. The molecular weight excluding hydrogens is 204 g/mol. The normalized spacial score (nSPS) is 10.6. The zero-order valence-corrected chi connectivity index (χ0v) is 9.14. The molecule has 1 heterocycles. The van der Waals surface area contributed by atoms with Gasteiger partial charge in [0.2, 0.25) is 0 Å². The van der Waals surface area contributed by atoms with Gasteiger partial charge in [-0.25, -0.2) is 0 Å². The number of hydrogen-bond acceptors (Lipinski definition) is 3. The van der Waals surface area contributed by atoms with Gasteiger partial charge in [0.15, 0.2) is 0 Å². The third-order valence-corrected chi connectivity index (χ3v) is 2.58. The van der Waals surface area contributed by atoms with Crippen LogP contribution in [0.5, 0.6) is 0 Å². The Morgan fingerprint density at radius 3 is 3.00 bits per heavy atom. The number of hydrogen-bond donors (Lipinski definition) is 1. The monoisotopic (exact) mass is 218 g/mol. The minimum Gasteiger partial charge on any atom is -0.469 e. The quantitative estimate of drug-likeness (QED) is 0.631. The predicted octanol–water partition coefficient (Wildman–Crippen LogP) is 1.79. The van der Waals surface area contributed by atoms with E-state index in [0.717, 1.165) is 16.6 Å². The fraction of sp³-hybridized carbons (Fsp3) is 0.250. The first kappa shape index (κ1) is 10.5. The van der Waals surface area contributed by atoms with Crippen LogP contribution >= 0.6 is 0 Å². The van der Waals surface area contributed by atoms with Crippen LogP contribution in [0.25, 0.3) is 10.9 Å². The van der Waals surface area contributed by atoms with E-state index in [1.165, 1.54) is 7.11 Å². The fourth-order valence-electron chi connectivity index (χ4n) is 1.71. The van der Waals surface area contributed by atoms with Gasteiger partial charge < -0.3 is 15.0 Å². The van der Waals surface area contributed by atoms with E-state index in [9.17, 15) is 4.79 Å². The summed E-state index contributed by atoms with van der Waals surface area (Å²) in [5.41, 5.74) is 7.50. The molecule has 16 heavy (non-hydrogen) atoms. The van der Waals surface area contributed by atoms with Crippen LogP contribution in [0.2, 0.25) is 0 Å². The zero-order valence-electron chi connectivity index (χ0n) is 9.14. The van der Waals surface area contributed by atoms with Crippen molar-refractivity contribution in [2.75, 3.05) is 12.8 Å². The Bertz CT molecular complexity index is 517. The van der Waals surface area contributed by atoms with E-state index >= 15 is 0 Å². The molecule has 0 saturated heterocycles. The number of nitrogens with two attached hydrogens (primary N) is 1. The lowest BCUT2D eigenvalue weighted by Crippen LogP contribution is -2.06. The van der Waals surface area contributed by atoms with Gasteiger partial charge in [-0.1, -0.05) is 6.07 Å². The van der Waals surface area contributed by atoms with E-state index in [2.05, 4.69) is 4.74 Å². The van der Waals surface area contributed by atoms with Gasteiger partial charge in [0.05, 0.1) is 19.0 Å². The summed E-state index contributed by atoms with van der Waals surface area (Å²) in [6.45, 7) is 0.611. The number of ether oxygens (including phenoxy) is 1. The molecular formula is C12H14N2O2. The van der Waals surface area contributed by atoms with Crippen molar-refractivity contribution in [3.05, 3.63) is 30.5 Å². The highest BCUT2D eigenvalue weighted by Crippen LogP contribution is 2.19. The molecule has 4 nitrogen and oxygen atoms in total. The van der Waals surface area contributed by atoms with Crippen LogP contribution in [0.15, 0.2) is 30.5 Å². The molecule has 1 aromatic carbocycles. The molecule has 0 saturated carbocycles. The highest BCUT2D eigenvalue weighted by atomic mass is 16.5. The van der Waals surface area contributed by atoms with Crippen molar-refractivity contribution in [2.45, 2.75) is 13.0 Å². The first-order chi connectivity index (χ1) is 7.70. The van der Waals surface area contributed by atoms with Crippen LogP contribution in [0.1, 0.15) is 6.42 Å². The summed E-state index contributed by atoms with van der Waals surface area (Å²) in [7, 11) is 1.40. The number of nitrogen functional groups attached to an aromatic ring is 1. The molecule has 0 aliphatic carbocycles. The number of benzene rings is 1. The van der Waals surface area contributed by atoms with E-state index in [4.69, 9.17) is 5.73 Å². The Morgan fingerprint density at radius 1 is 1.44 bits per heavy atom. The Balaban J connectivity index is 2.24. The smallest absolute Gasteiger partial charge is 0.307 e. The molecule has 0 amide bonds. The van der Waals surface area contributed by atoms with E-state index in [1.54, 1.807) is 0 Å². The van der Waals surface area contributed by atoms with Crippen molar-refractivity contribution >= 4 is 22.6 Å². The molecule has 0 unspecified atom stereocenters. The summed E-state index contributed by atoms with van der Waals surface area (Å²) in [6, 6.07) is 7.75. The summed E-state index contributed by atoms with van der Waals surface area (Å²) in [5.74, 6) is -0.203. The van der Waals surface area contributed by atoms with Gasteiger partial charge in [0.1, 0.15) is 0 Å². The number of methoxy groups -OCH3 is 1. The SMILES string of the molecule is COC(=O)CCn1ccc2ccc(N)cc21. The number of aryl methyl sites for hydroxylation is 1. The lowest BCUT2D eigenvalue weighted by Gasteiger charge is -2.04. The fourth-order valence-corrected chi connectivity index (χ4v) is 1.71. The topological polar surface area (TPSA) is 57.2 Å². The largest absolute Gasteiger partial charge is 0.469 e. The number of esters is 1. The van der Waals surface area contributed by atoms with Gasteiger partial charge in [-0.3, -0.25) is 4.79 Å². The Kier molecular flexibility index (Phi) is 2.81. The van der Waals surface area contributed by atoms with Crippen LogP contribution in [-0.2, 0) is 16.1 Å². The lowest BCUT2D eigenvalue weighted by molar-refractivity contribution is -0.140. The summed E-state index contributed by atoms with van der Waals surface area (Å²) in [5, 5.41) is 1.12. The molecule has 84 valence electrons. The molecule has 2 rings (SSSR count). The first-order valence-electron chi connectivity index (χ1n) is 5.12. The van der Waals surface area contributed by atoms with E-state index in [-0.39, 0.29) is 5.97 Å². The van der Waals surface area contributed by atoms with Crippen molar-refractivity contribution in [3.8, 4) is 0 Å². The van der Waals surface area contributed by atoms with Crippen molar-refractivity contribution in [1.82, 2.24) is 4.57 Å². The molecule has 0 fully saturated rings. The first-order valence-corrected chi connectivity index (χ1v) is 5.12. The Labute approximate surface area is 93.6 Å². The van der Waals surface area contributed by atoms with Crippen LogP contribution in [0.4, 0.5) is 5.69 Å². The molecule has 2 aromatic rings. The van der Waals surface area contributed by atoms with Crippen LogP contribution in [-0.4, -0.2) is 17.6 Å². The second kappa shape index (κ2) is 4.26. The maximum Gasteiger partial charge on any atom is 0.307 e. The molecule has 0 aliphatic heterocycles. The predicted molar refractivity (Wildman–Crippen MR) is 63.0 cm³/mol. The number of aromatic nitrogens is 1. The number of anilines is 1. The summed E-state index contributed by atoms with van der Waals surface area (Å²) >= 11 is 0. The number of rotatable bonds is 3. The molecule has 4 heteroatoms. The van der Waals surface area contributed by atoms with Crippen LogP contribution in [0, 0.1) is 0 Å². The van der Waals surface area contributed by atoms with Crippen molar-refractivity contribution < 1.29 is 9.53 Å². The summed E-state index contributed by atoms with van der Waals surface area (Å²) in [6.07, 6.45) is 2.32. The Hall–Kier alpha value is -1.97. The summed E-state index contributed by atoms with van der Waals surface area (Å²) in [4.78, 5) is 11.0. The van der Waals surface area contributed by atoms with Crippen molar-refractivity contribution in [2.24, 2.45) is 0 Å². The van der Waals surface area contributed by atoms with Gasteiger partial charge in [0, 0.05) is 18.4 Å². The lowest BCUT2D eigenvalue weighted by atomic mass is 10.2. The van der Waals surface area contributed by atoms with E-state index in [1.807, 2.05) is 35.0 Å². The molecule has 0 bridgehead atoms. The van der Waals surface area contributed by atoms with Crippen LogP contribution in [0.3, 0.4) is 0 Å². The minimum absolute atomic E-state index is 0.203. The van der Waals surface area contributed by atoms with Crippen molar-refractivity contribution in [1.29, 1.82) is 0 Å². The van der Waals surface area contributed by atoms with Gasteiger partial charge in [-0.05, 0) is 23.6 Å². The van der Waals surface area contributed by atoms with Gasteiger partial charge in [-0.2, -0.15) is 0 Å². The van der Waals surface area contributed by atoms with Gasteiger partial charge in [-0.15, -0.1) is 0 Å². The molecule has 0 aliphatic rings. The standard InChI is InChI=1S/C12H14N2O2/c1-16-12(15)5-7-14-6-4-9-2-3-10(13)8-11(9)14/h2-4,6,8H,5,7,13H2,1H3. The van der Waals surface area contributed by atoms with Crippen LogP contribution < -0.4 is 5.73 Å². The molecule has 1 aromatic heterocycles. The molecule has 2 N–H and O–H groups in total. The maximum absolute atomic E-state index is 11.0. The van der Waals surface area contributed by atoms with Gasteiger partial charge >= 0.3 is 5.97 Å². The highest BCUT2D eigenvalue weighted by Gasteiger charge is 2.04. The second-order valence-electron chi connectivity index (χ2n) is 3.65. The summed E-state index contributed by atoms with van der Waals surface area (Å²) < 4.78 is 6.61. The Morgan fingerprint density at radius 2 is 2.25 bits per heavy atom. The molecule has 0 radical (unpaired) electrons. The average molecular weight is 218 g/mol. The maximum atomic E-state index is 11.0. The third-order valence-electron chi connectivity index (χ3n) is 2.58. The van der Waals surface area contributed by atoms with Crippen molar-refractivity contribution in [3.63, 3.8) is 0 Å². The minimum atomic E-state index is -0.203. The number of carbonyl (C=O) groups excluding carboxylic acids is 1. The van der Waals surface area contributed by atoms with E-state index < -0.39 is 0 Å². The number of fused-ring (bicyclic) bond motifs is 1. The zero-order chi connectivity index (χ0) is 11.5. The van der Waals surface area contributed by atoms with E-state index in [0.29, 0.717) is 13.0 Å². The van der Waals surface area contributed by atoms with Gasteiger partial charge in [0.25, 0.3) is 0 Å². The average Bonchev–Trinajstić information content (AvgIpc) is 2.68. The number of carbonyl (C=O) groups is 1. The molecule has 0 atom stereocenters.